The van der Waals surface area contributed by atoms with Gasteiger partial charge in [0.1, 0.15) is 5.75 Å². The minimum absolute atomic E-state index is 0.375. The van der Waals surface area contributed by atoms with Crippen LogP contribution in [-0.2, 0) is 6.42 Å². The lowest BCUT2D eigenvalue weighted by Crippen LogP contribution is -1.97. The number of hydrogen-bond acceptors (Lipinski definition) is 2. The van der Waals surface area contributed by atoms with Gasteiger partial charge in [-0.05, 0) is 36.5 Å². The lowest BCUT2D eigenvalue weighted by Gasteiger charge is -2.10. The van der Waals surface area contributed by atoms with E-state index in [1.54, 1.807) is 13.3 Å². The third kappa shape index (κ3) is 3.08. The van der Waals surface area contributed by atoms with Crippen LogP contribution in [0.25, 0.3) is 0 Å². The first-order valence-electron chi connectivity index (χ1n) is 5.29. The molecule has 0 aromatic heterocycles. The molecule has 0 aliphatic rings. The van der Waals surface area contributed by atoms with Gasteiger partial charge >= 0.3 is 0 Å². The molecule has 2 heteroatoms. The van der Waals surface area contributed by atoms with Crippen LogP contribution in [0.5, 0.6) is 5.75 Å². The van der Waals surface area contributed by atoms with Crippen LogP contribution in [0.3, 0.4) is 0 Å². The number of hydrogen-bond donors (Lipinski definition) is 1. The van der Waals surface area contributed by atoms with Crippen molar-refractivity contribution in [2.75, 3.05) is 7.05 Å². The highest BCUT2D eigenvalue weighted by atomic mass is 16.3. The maximum atomic E-state index is 10.0. The highest BCUT2D eigenvalue weighted by Gasteiger charge is 2.08. The van der Waals surface area contributed by atoms with Gasteiger partial charge in [-0.25, -0.2) is 0 Å². The largest absolute Gasteiger partial charge is 0.507 e. The summed E-state index contributed by atoms with van der Waals surface area (Å²) in [5.74, 6) is 0.920. The van der Waals surface area contributed by atoms with Crippen molar-refractivity contribution in [2.45, 2.75) is 27.2 Å². The second-order valence-corrected chi connectivity index (χ2v) is 4.35. The van der Waals surface area contributed by atoms with Crippen molar-refractivity contribution in [3.8, 4) is 5.75 Å². The van der Waals surface area contributed by atoms with Crippen LogP contribution in [0.2, 0.25) is 0 Å². The fourth-order valence-electron chi connectivity index (χ4n) is 1.72. The molecule has 0 aliphatic heterocycles. The Morgan fingerprint density at radius 1 is 1.40 bits per heavy atom. The molecule has 1 aromatic carbocycles. The zero-order valence-corrected chi connectivity index (χ0v) is 9.91. The quantitative estimate of drug-likeness (QED) is 0.756. The molecule has 1 rings (SSSR count). The molecule has 0 fully saturated rings. The number of benzene rings is 1. The molecule has 0 spiro atoms. The summed E-state index contributed by atoms with van der Waals surface area (Å²) in [4.78, 5) is 3.94. The predicted octanol–water partition coefficient (Wildman–Crippen LogP) is 2.95. The molecular formula is C13H19NO. The molecule has 0 amide bonds. The Morgan fingerprint density at radius 3 is 2.60 bits per heavy atom. The first-order valence-corrected chi connectivity index (χ1v) is 5.29. The smallest absolute Gasteiger partial charge is 0.127 e. The number of phenolic OH excluding ortho intramolecular Hbond substituents is 1. The van der Waals surface area contributed by atoms with Gasteiger partial charge in [0.05, 0.1) is 0 Å². The van der Waals surface area contributed by atoms with Crippen LogP contribution >= 0.6 is 0 Å². The third-order valence-corrected chi connectivity index (χ3v) is 2.26. The lowest BCUT2D eigenvalue weighted by molar-refractivity contribution is 0.461. The van der Waals surface area contributed by atoms with Gasteiger partial charge in [0.25, 0.3) is 0 Å². The van der Waals surface area contributed by atoms with E-state index in [1.165, 1.54) is 5.56 Å². The molecule has 82 valence electrons. The summed E-state index contributed by atoms with van der Waals surface area (Å²) in [6.07, 6.45) is 2.60. The number of nitrogens with zero attached hydrogens (tertiary/aromatic N) is 1. The van der Waals surface area contributed by atoms with Crippen LogP contribution in [0, 0.1) is 12.8 Å². The average molecular weight is 205 g/mol. The molecule has 1 N–H and O–H groups in total. The van der Waals surface area contributed by atoms with Gasteiger partial charge in [0.15, 0.2) is 0 Å². The normalized spacial score (nSPS) is 11.5. The van der Waals surface area contributed by atoms with Crippen molar-refractivity contribution in [3.05, 3.63) is 28.8 Å². The Bertz CT molecular complexity index is 367. The molecule has 2 nitrogen and oxygen atoms in total. The van der Waals surface area contributed by atoms with E-state index in [9.17, 15) is 5.11 Å². The molecule has 0 bridgehead atoms. The van der Waals surface area contributed by atoms with E-state index in [-0.39, 0.29) is 0 Å². The number of phenols is 1. The maximum absolute atomic E-state index is 10.0. The minimum Gasteiger partial charge on any atom is -0.507 e. The van der Waals surface area contributed by atoms with Crippen LogP contribution in [0.4, 0.5) is 0 Å². The molecule has 0 atom stereocenters. The van der Waals surface area contributed by atoms with Crippen molar-refractivity contribution < 1.29 is 5.11 Å². The monoisotopic (exact) mass is 205 g/mol. The molecule has 1 aromatic rings. The van der Waals surface area contributed by atoms with Crippen LogP contribution in [0.1, 0.15) is 30.5 Å². The second-order valence-electron chi connectivity index (χ2n) is 4.35. The summed E-state index contributed by atoms with van der Waals surface area (Å²) >= 11 is 0. The zero-order chi connectivity index (χ0) is 11.4. The van der Waals surface area contributed by atoms with Gasteiger partial charge in [0, 0.05) is 18.8 Å². The number of aryl methyl sites for hydroxylation is 1. The summed E-state index contributed by atoms with van der Waals surface area (Å²) in [6.45, 7) is 6.33. The van der Waals surface area contributed by atoms with Crippen molar-refractivity contribution in [2.24, 2.45) is 10.9 Å². The maximum Gasteiger partial charge on any atom is 0.127 e. The second kappa shape index (κ2) is 4.96. The molecule has 0 heterocycles. The van der Waals surface area contributed by atoms with Crippen molar-refractivity contribution in [1.29, 1.82) is 0 Å². The van der Waals surface area contributed by atoms with Gasteiger partial charge in [0.2, 0.25) is 0 Å². The van der Waals surface area contributed by atoms with Gasteiger partial charge < -0.3 is 5.11 Å². The number of rotatable bonds is 3. The summed E-state index contributed by atoms with van der Waals surface area (Å²) in [5, 5.41) is 10.0. The lowest BCUT2D eigenvalue weighted by atomic mass is 9.97. The Hall–Kier alpha value is -1.31. The number of aromatic hydroxyl groups is 1. The van der Waals surface area contributed by atoms with Crippen LogP contribution in [0.15, 0.2) is 17.1 Å². The van der Waals surface area contributed by atoms with E-state index in [0.717, 1.165) is 17.5 Å². The third-order valence-electron chi connectivity index (χ3n) is 2.26. The van der Waals surface area contributed by atoms with Gasteiger partial charge in [-0.3, -0.25) is 4.99 Å². The van der Waals surface area contributed by atoms with Crippen molar-refractivity contribution in [3.63, 3.8) is 0 Å². The molecule has 0 saturated carbocycles. The molecule has 0 saturated heterocycles. The molecule has 0 unspecified atom stereocenters. The fraction of sp³-hybridized carbons (Fsp3) is 0.462. The van der Waals surface area contributed by atoms with E-state index in [4.69, 9.17) is 0 Å². The topological polar surface area (TPSA) is 32.6 Å². The fourth-order valence-corrected chi connectivity index (χ4v) is 1.72. The van der Waals surface area contributed by atoms with E-state index in [2.05, 4.69) is 18.8 Å². The first kappa shape index (κ1) is 11.8. The Labute approximate surface area is 91.7 Å². The predicted molar refractivity (Wildman–Crippen MR) is 64.9 cm³/mol. The SMILES string of the molecule is CN=Cc1cc(C)cc(CC(C)C)c1O. The number of aliphatic imine (C=N–C) groups is 1. The molecular weight excluding hydrogens is 186 g/mol. The van der Waals surface area contributed by atoms with Crippen LogP contribution in [-0.4, -0.2) is 18.4 Å². The van der Waals surface area contributed by atoms with Gasteiger partial charge in [-0.15, -0.1) is 0 Å². The summed E-state index contributed by atoms with van der Waals surface area (Å²) in [5.41, 5.74) is 2.99. The first-order chi connectivity index (χ1) is 7.04. The standard InChI is InChI=1S/C13H19NO/c1-9(2)5-11-6-10(3)7-12(8-14-4)13(11)15/h6-9,15H,5H2,1-4H3. The average Bonchev–Trinajstić information content (AvgIpc) is 2.12. The van der Waals surface area contributed by atoms with E-state index >= 15 is 0 Å². The van der Waals surface area contributed by atoms with Crippen molar-refractivity contribution in [1.82, 2.24) is 0 Å². The van der Waals surface area contributed by atoms with Gasteiger partial charge in [-0.1, -0.05) is 19.9 Å². The van der Waals surface area contributed by atoms with Crippen LogP contribution < -0.4 is 0 Å². The molecule has 0 aliphatic carbocycles. The summed E-state index contributed by atoms with van der Waals surface area (Å²) < 4.78 is 0. The highest BCUT2D eigenvalue weighted by Crippen LogP contribution is 2.25. The van der Waals surface area contributed by atoms with E-state index in [0.29, 0.717) is 11.7 Å². The highest BCUT2D eigenvalue weighted by molar-refractivity contribution is 5.84. The van der Waals surface area contributed by atoms with E-state index in [1.807, 2.05) is 19.1 Å². The minimum atomic E-state index is 0.375. The van der Waals surface area contributed by atoms with Crippen molar-refractivity contribution >= 4 is 6.21 Å². The Balaban J connectivity index is 3.15. The van der Waals surface area contributed by atoms with Gasteiger partial charge in [-0.2, -0.15) is 0 Å². The Kier molecular flexibility index (Phi) is 3.89. The molecule has 0 radical (unpaired) electrons. The zero-order valence-electron chi connectivity index (χ0n) is 9.91. The molecule has 15 heavy (non-hydrogen) atoms. The summed E-state index contributed by atoms with van der Waals surface area (Å²) in [6, 6.07) is 3.99. The summed E-state index contributed by atoms with van der Waals surface area (Å²) in [7, 11) is 1.71. The van der Waals surface area contributed by atoms with E-state index < -0.39 is 0 Å². The Morgan fingerprint density at radius 2 is 2.07 bits per heavy atom.